The molecule has 0 aromatic heterocycles. The van der Waals surface area contributed by atoms with Gasteiger partial charge in [-0.1, -0.05) is 0 Å². The fourth-order valence-corrected chi connectivity index (χ4v) is 4.15. The molecule has 1 aromatic carbocycles. The van der Waals surface area contributed by atoms with E-state index in [0.717, 1.165) is 17.9 Å². The molecule has 4 atom stereocenters. The summed E-state index contributed by atoms with van der Waals surface area (Å²) in [6.07, 6.45) is 2.20. The zero-order chi connectivity index (χ0) is 20.4. The molecule has 2 fully saturated rings. The molecule has 3 aliphatic rings. The van der Waals surface area contributed by atoms with Crippen LogP contribution in [0.3, 0.4) is 0 Å². The van der Waals surface area contributed by atoms with Crippen LogP contribution in [0.2, 0.25) is 0 Å². The van der Waals surface area contributed by atoms with Crippen molar-refractivity contribution in [2.45, 2.75) is 49.9 Å². The van der Waals surface area contributed by atoms with E-state index in [1.54, 1.807) is 6.07 Å². The molecule has 0 radical (unpaired) electrons. The molecule has 158 valence electrons. The lowest BCUT2D eigenvalue weighted by Crippen LogP contribution is -2.47. The molecule has 1 aromatic rings. The lowest BCUT2D eigenvalue weighted by molar-refractivity contribution is -0.142. The number of amides is 2. The quantitative estimate of drug-likeness (QED) is 0.601. The minimum absolute atomic E-state index is 0.00332. The van der Waals surface area contributed by atoms with E-state index in [1.807, 2.05) is 12.1 Å². The van der Waals surface area contributed by atoms with E-state index in [-0.39, 0.29) is 49.6 Å². The van der Waals surface area contributed by atoms with Crippen LogP contribution in [-0.4, -0.2) is 62.1 Å². The van der Waals surface area contributed by atoms with E-state index < -0.39 is 6.10 Å². The number of benzene rings is 1. The van der Waals surface area contributed by atoms with E-state index in [4.69, 9.17) is 14.2 Å². The zero-order valence-corrected chi connectivity index (χ0v) is 16.6. The Morgan fingerprint density at radius 3 is 2.83 bits per heavy atom. The number of hydrogen-bond acceptors (Lipinski definition) is 6. The second kappa shape index (κ2) is 8.69. The Morgan fingerprint density at radius 1 is 1.28 bits per heavy atom. The summed E-state index contributed by atoms with van der Waals surface area (Å²) in [6.45, 7) is 0.544. The monoisotopic (exact) mass is 404 g/mol. The summed E-state index contributed by atoms with van der Waals surface area (Å²) in [5.41, 5.74) is 1.64. The molecule has 8 heteroatoms. The molecule has 1 saturated carbocycles. The zero-order valence-electron chi connectivity index (χ0n) is 16.6. The number of anilines is 1. The van der Waals surface area contributed by atoms with Gasteiger partial charge in [0.25, 0.3) is 0 Å². The van der Waals surface area contributed by atoms with Gasteiger partial charge < -0.3 is 30.0 Å². The predicted octanol–water partition coefficient (Wildman–Crippen LogP) is 1.18. The van der Waals surface area contributed by atoms with Crippen molar-refractivity contribution in [3.8, 4) is 5.75 Å². The molecule has 1 saturated heterocycles. The molecule has 0 spiro atoms. The number of fused-ring (bicyclic) bond motifs is 3. The van der Waals surface area contributed by atoms with Crippen LogP contribution in [-0.2, 0) is 19.1 Å². The summed E-state index contributed by atoms with van der Waals surface area (Å²) in [5, 5.41) is 15.6. The smallest absolute Gasteiger partial charge is 0.250 e. The van der Waals surface area contributed by atoms with Crippen molar-refractivity contribution in [1.29, 1.82) is 0 Å². The minimum Gasteiger partial charge on any atom is -0.487 e. The van der Waals surface area contributed by atoms with E-state index in [9.17, 15) is 14.7 Å². The number of carbonyl (C=O) groups excluding carboxylic acids is 2. The minimum atomic E-state index is -0.492. The molecule has 0 bridgehead atoms. The molecule has 1 aliphatic carbocycles. The number of aliphatic hydroxyl groups is 1. The van der Waals surface area contributed by atoms with Crippen molar-refractivity contribution in [1.82, 2.24) is 5.32 Å². The summed E-state index contributed by atoms with van der Waals surface area (Å²) in [7, 11) is 1.47. The first-order valence-electron chi connectivity index (χ1n) is 10.2. The SMILES string of the molecule is COCC(=O)Nc1ccc2c(c1)[C@H]1C[C@H](CC(=O)NCC3CC3)O[C@H](CO)[C@H]1O2. The number of carbonyl (C=O) groups is 2. The van der Waals surface area contributed by atoms with Gasteiger partial charge in [0.1, 0.15) is 24.6 Å². The highest BCUT2D eigenvalue weighted by Crippen LogP contribution is 2.47. The lowest BCUT2D eigenvalue weighted by atomic mass is 9.84. The molecule has 2 heterocycles. The van der Waals surface area contributed by atoms with Crippen LogP contribution in [0.5, 0.6) is 5.75 Å². The van der Waals surface area contributed by atoms with Crippen LogP contribution in [0, 0.1) is 5.92 Å². The van der Waals surface area contributed by atoms with Gasteiger partial charge in [0, 0.05) is 30.8 Å². The van der Waals surface area contributed by atoms with Gasteiger partial charge in [-0.3, -0.25) is 9.59 Å². The maximum atomic E-state index is 12.3. The second-order valence-electron chi connectivity index (χ2n) is 8.09. The van der Waals surface area contributed by atoms with Crippen molar-refractivity contribution < 1.29 is 28.9 Å². The summed E-state index contributed by atoms with van der Waals surface area (Å²) in [4.78, 5) is 24.1. The fraction of sp³-hybridized carbons (Fsp3) is 0.619. The van der Waals surface area contributed by atoms with Crippen LogP contribution in [0.1, 0.15) is 37.2 Å². The predicted molar refractivity (Wildman–Crippen MR) is 105 cm³/mol. The topological polar surface area (TPSA) is 106 Å². The molecule has 29 heavy (non-hydrogen) atoms. The molecule has 3 N–H and O–H groups in total. The Labute approximate surface area is 169 Å². The van der Waals surface area contributed by atoms with E-state index in [1.165, 1.54) is 20.0 Å². The third-order valence-corrected chi connectivity index (χ3v) is 5.76. The Bertz CT molecular complexity index is 766. The van der Waals surface area contributed by atoms with Gasteiger partial charge in [0.15, 0.2) is 0 Å². The number of nitrogens with one attached hydrogen (secondary N) is 2. The van der Waals surface area contributed by atoms with Crippen molar-refractivity contribution in [2.75, 3.05) is 32.2 Å². The number of rotatable bonds is 8. The Morgan fingerprint density at radius 2 is 2.10 bits per heavy atom. The van der Waals surface area contributed by atoms with Crippen molar-refractivity contribution >= 4 is 17.5 Å². The molecule has 2 aliphatic heterocycles. The number of ether oxygens (including phenoxy) is 3. The van der Waals surface area contributed by atoms with Gasteiger partial charge in [-0.05, 0) is 43.4 Å². The van der Waals surface area contributed by atoms with Gasteiger partial charge in [0.2, 0.25) is 11.8 Å². The molecular weight excluding hydrogens is 376 g/mol. The summed E-state index contributed by atoms with van der Waals surface area (Å²) < 4.78 is 16.9. The van der Waals surface area contributed by atoms with Crippen molar-refractivity contribution in [3.05, 3.63) is 23.8 Å². The molecule has 0 unspecified atom stereocenters. The first kappa shape index (κ1) is 20.1. The summed E-state index contributed by atoms with van der Waals surface area (Å²) in [6, 6.07) is 5.50. The third kappa shape index (κ3) is 4.71. The highest BCUT2D eigenvalue weighted by Gasteiger charge is 2.46. The van der Waals surface area contributed by atoms with Gasteiger partial charge in [0.05, 0.1) is 19.1 Å². The van der Waals surface area contributed by atoms with Crippen LogP contribution in [0.15, 0.2) is 18.2 Å². The second-order valence-corrected chi connectivity index (χ2v) is 8.09. The van der Waals surface area contributed by atoms with E-state index in [2.05, 4.69) is 10.6 Å². The van der Waals surface area contributed by atoms with Crippen molar-refractivity contribution in [3.63, 3.8) is 0 Å². The van der Waals surface area contributed by atoms with Crippen LogP contribution >= 0.6 is 0 Å². The Kier molecular flexibility index (Phi) is 6.03. The maximum absolute atomic E-state index is 12.3. The largest absolute Gasteiger partial charge is 0.487 e. The van der Waals surface area contributed by atoms with Gasteiger partial charge >= 0.3 is 0 Å². The summed E-state index contributed by atoms with van der Waals surface area (Å²) in [5.74, 6) is 1.11. The van der Waals surface area contributed by atoms with E-state index in [0.29, 0.717) is 18.0 Å². The average molecular weight is 404 g/mol. The van der Waals surface area contributed by atoms with Crippen LogP contribution < -0.4 is 15.4 Å². The Hall–Kier alpha value is -2.16. The van der Waals surface area contributed by atoms with Crippen LogP contribution in [0.4, 0.5) is 5.69 Å². The van der Waals surface area contributed by atoms with E-state index >= 15 is 0 Å². The molecule has 4 rings (SSSR count). The molecular formula is C21H28N2O6. The molecule has 8 nitrogen and oxygen atoms in total. The molecule has 2 amide bonds. The number of aliphatic hydroxyl groups excluding tert-OH is 1. The van der Waals surface area contributed by atoms with Gasteiger partial charge in [-0.15, -0.1) is 0 Å². The highest BCUT2D eigenvalue weighted by atomic mass is 16.6. The van der Waals surface area contributed by atoms with Crippen molar-refractivity contribution in [2.24, 2.45) is 5.92 Å². The average Bonchev–Trinajstić information content (AvgIpc) is 3.46. The standard InChI is InChI=1S/C21H28N2O6/c1-27-11-20(26)23-13-4-5-17-15(6-13)16-7-14(28-18(10-24)21(16)29-17)8-19(25)22-9-12-2-3-12/h4-6,12,14,16,18,21,24H,2-3,7-11H2,1H3,(H,22,25)(H,23,26)/t14-,16-,18-,21+/m1/s1. The first-order valence-corrected chi connectivity index (χ1v) is 10.2. The Balaban J connectivity index is 1.44. The highest BCUT2D eigenvalue weighted by molar-refractivity contribution is 5.91. The summed E-state index contributed by atoms with van der Waals surface area (Å²) >= 11 is 0. The fourth-order valence-electron chi connectivity index (χ4n) is 4.15. The van der Waals surface area contributed by atoms with Gasteiger partial charge in [-0.2, -0.15) is 0 Å². The first-order chi connectivity index (χ1) is 14.1. The normalized spacial score (nSPS) is 27.5. The number of hydrogen-bond donors (Lipinski definition) is 3. The van der Waals surface area contributed by atoms with Gasteiger partial charge in [-0.25, -0.2) is 0 Å². The number of methoxy groups -OCH3 is 1. The van der Waals surface area contributed by atoms with Crippen LogP contribution in [0.25, 0.3) is 0 Å². The maximum Gasteiger partial charge on any atom is 0.250 e. The lowest BCUT2D eigenvalue weighted by Gasteiger charge is -2.37. The third-order valence-electron chi connectivity index (χ3n) is 5.76.